The Balaban J connectivity index is 3.04. The van der Waals surface area contributed by atoms with Gasteiger partial charge in [-0.05, 0) is 18.2 Å². The summed E-state index contributed by atoms with van der Waals surface area (Å²) >= 11 is 3.24. The molecule has 1 aromatic rings. The first-order valence-electron chi connectivity index (χ1n) is 4.86. The molecule has 0 aliphatic heterocycles. The van der Waals surface area contributed by atoms with Crippen molar-refractivity contribution in [1.82, 2.24) is 0 Å². The van der Waals surface area contributed by atoms with E-state index >= 15 is 0 Å². The maximum absolute atomic E-state index is 12.0. The van der Waals surface area contributed by atoms with Crippen LogP contribution in [0.1, 0.15) is 13.8 Å². The molecule has 1 N–H and O–H groups in total. The van der Waals surface area contributed by atoms with Gasteiger partial charge in [0.2, 0.25) is 0 Å². The van der Waals surface area contributed by atoms with Crippen LogP contribution in [0.4, 0.5) is 0 Å². The average Bonchev–Trinajstić information content (AvgIpc) is 2.16. The maximum Gasteiger partial charge on any atom is 0.179 e. The van der Waals surface area contributed by atoms with Gasteiger partial charge in [-0.15, -0.1) is 0 Å². The Morgan fingerprint density at radius 1 is 1.38 bits per heavy atom. The lowest BCUT2D eigenvalue weighted by Crippen LogP contribution is -2.27. The molecule has 0 atom stereocenters. The second kappa shape index (κ2) is 4.85. The monoisotopic (exact) mass is 306 g/mol. The van der Waals surface area contributed by atoms with Crippen molar-refractivity contribution in [1.29, 1.82) is 0 Å². The van der Waals surface area contributed by atoms with Gasteiger partial charge in [0, 0.05) is 16.5 Å². The fourth-order valence-electron chi connectivity index (χ4n) is 1.30. The Bertz CT molecular complexity index is 466. The Hall–Kier alpha value is -0.390. The molecule has 90 valence electrons. The molecule has 0 aromatic heterocycles. The van der Waals surface area contributed by atoms with Crippen LogP contribution >= 0.6 is 15.9 Å². The molecule has 0 amide bonds. The molecule has 0 bridgehead atoms. The normalized spacial score (nSPS) is 12.8. The number of halogens is 1. The van der Waals surface area contributed by atoms with Crippen molar-refractivity contribution in [2.75, 3.05) is 12.4 Å². The van der Waals surface area contributed by atoms with Crippen molar-refractivity contribution >= 4 is 25.8 Å². The highest BCUT2D eigenvalue weighted by molar-refractivity contribution is 9.10. The molecule has 0 radical (unpaired) electrons. The van der Waals surface area contributed by atoms with E-state index in [1.54, 1.807) is 38.1 Å². The lowest BCUT2D eigenvalue weighted by molar-refractivity contribution is 0.179. The quantitative estimate of drug-likeness (QED) is 0.928. The molecule has 1 aromatic carbocycles. The van der Waals surface area contributed by atoms with Crippen LogP contribution in [0, 0.1) is 5.41 Å². The van der Waals surface area contributed by atoms with Gasteiger partial charge in [-0.2, -0.15) is 0 Å². The highest BCUT2D eigenvalue weighted by Crippen LogP contribution is 2.23. The van der Waals surface area contributed by atoms with Crippen molar-refractivity contribution in [3.05, 3.63) is 28.7 Å². The molecule has 0 saturated heterocycles. The summed E-state index contributed by atoms with van der Waals surface area (Å²) in [5, 5.41) is 9.09. The fourth-order valence-corrected chi connectivity index (χ4v) is 3.73. The molecule has 0 unspecified atom stereocenters. The van der Waals surface area contributed by atoms with Crippen molar-refractivity contribution in [2.24, 2.45) is 5.41 Å². The minimum absolute atomic E-state index is 0.0625. The summed E-state index contributed by atoms with van der Waals surface area (Å²) in [7, 11) is -3.34. The van der Waals surface area contributed by atoms with Gasteiger partial charge in [-0.1, -0.05) is 35.8 Å². The number of sulfone groups is 1. The predicted octanol–water partition coefficient (Wildman–Crippen LogP) is 2.24. The maximum atomic E-state index is 12.0. The second-order valence-electron chi connectivity index (χ2n) is 4.54. The van der Waals surface area contributed by atoms with E-state index in [0.717, 1.165) is 4.47 Å². The van der Waals surface area contributed by atoms with Crippen LogP contribution in [0.5, 0.6) is 0 Å². The smallest absolute Gasteiger partial charge is 0.179 e. The van der Waals surface area contributed by atoms with Crippen LogP contribution in [0.3, 0.4) is 0 Å². The Morgan fingerprint density at radius 3 is 2.50 bits per heavy atom. The molecule has 16 heavy (non-hydrogen) atoms. The van der Waals surface area contributed by atoms with E-state index in [0.29, 0.717) is 0 Å². The molecule has 0 aliphatic rings. The molecule has 1 rings (SSSR count). The zero-order valence-corrected chi connectivity index (χ0v) is 11.7. The summed E-state index contributed by atoms with van der Waals surface area (Å²) < 4.78 is 24.8. The highest BCUT2D eigenvalue weighted by Gasteiger charge is 2.26. The van der Waals surface area contributed by atoms with Crippen LogP contribution in [-0.4, -0.2) is 25.9 Å². The third-order valence-corrected chi connectivity index (χ3v) is 4.79. The van der Waals surface area contributed by atoms with Crippen LogP contribution in [0.2, 0.25) is 0 Å². The van der Waals surface area contributed by atoms with Crippen LogP contribution in [0.25, 0.3) is 0 Å². The summed E-state index contributed by atoms with van der Waals surface area (Å²) in [5.74, 6) is -0.0625. The SMILES string of the molecule is CC(C)(CO)CS(=O)(=O)c1cccc(Br)c1. The van der Waals surface area contributed by atoms with E-state index in [9.17, 15) is 8.42 Å². The number of aliphatic hydroxyl groups is 1. The molecule has 0 fully saturated rings. The first-order chi connectivity index (χ1) is 7.27. The molecule has 0 spiro atoms. The van der Waals surface area contributed by atoms with Gasteiger partial charge in [0.05, 0.1) is 10.6 Å². The second-order valence-corrected chi connectivity index (χ2v) is 7.44. The summed E-state index contributed by atoms with van der Waals surface area (Å²) in [5.41, 5.74) is -0.624. The van der Waals surface area contributed by atoms with Crippen molar-refractivity contribution in [3.8, 4) is 0 Å². The van der Waals surface area contributed by atoms with E-state index in [2.05, 4.69) is 15.9 Å². The summed E-state index contributed by atoms with van der Waals surface area (Å²) in [6.45, 7) is 3.30. The molecule has 5 heteroatoms. The molecular weight excluding hydrogens is 292 g/mol. The van der Waals surface area contributed by atoms with E-state index < -0.39 is 15.3 Å². The van der Waals surface area contributed by atoms with Gasteiger partial charge in [0.15, 0.2) is 9.84 Å². The van der Waals surface area contributed by atoms with Crippen LogP contribution in [0.15, 0.2) is 33.6 Å². The number of aliphatic hydroxyl groups excluding tert-OH is 1. The van der Waals surface area contributed by atoms with Gasteiger partial charge >= 0.3 is 0 Å². The first-order valence-corrected chi connectivity index (χ1v) is 7.31. The van der Waals surface area contributed by atoms with Gasteiger partial charge in [0.25, 0.3) is 0 Å². The van der Waals surface area contributed by atoms with Gasteiger partial charge in [-0.3, -0.25) is 0 Å². The Kier molecular flexibility index (Phi) is 4.15. The molecule has 0 saturated carbocycles. The van der Waals surface area contributed by atoms with E-state index in [1.807, 2.05) is 0 Å². The summed E-state index contributed by atoms with van der Waals surface area (Å²) in [4.78, 5) is 0.281. The third-order valence-electron chi connectivity index (χ3n) is 2.16. The summed E-state index contributed by atoms with van der Waals surface area (Å²) in [6.07, 6.45) is 0. The van der Waals surface area contributed by atoms with Crippen molar-refractivity contribution in [2.45, 2.75) is 18.7 Å². The Morgan fingerprint density at radius 2 is 2.00 bits per heavy atom. The highest BCUT2D eigenvalue weighted by atomic mass is 79.9. The lowest BCUT2D eigenvalue weighted by Gasteiger charge is -2.21. The molecule has 0 heterocycles. The van der Waals surface area contributed by atoms with E-state index in [-0.39, 0.29) is 17.3 Å². The van der Waals surface area contributed by atoms with Crippen LogP contribution < -0.4 is 0 Å². The minimum atomic E-state index is -3.34. The standard InChI is InChI=1S/C11H15BrO3S/c1-11(2,7-13)8-16(14,15)10-5-3-4-9(12)6-10/h3-6,13H,7-8H2,1-2H3. The Labute approximate surface area is 105 Å². The molecule has 0 aliphatic carbocycles. The minimum Gasteiger partial charge on any atom is -0.396 e. The summed E-state index contributed by atoms with van der Waals surface area (Å²) in [6, 6.07) is 6.59. The lowest BCUT2D eigenvalue weighted by atomic mass is 9.98. The van der Waals surface area contributed by atoms with E-state index in [4.69, 9.17) is 5.11 Å². The van der Waals surface area contributed by atoms with Gasteiger partial charge in [-0.25, -0.2) is 8.42 Å². The number of hydrogen-bond acceptors (Lipinski definition) is 3. The van der Waals surface area contributed by atoms with Gasteiger partial charge < -0.3 is 5.11 Å². The van der Waals surface area contributed by atoms with Crippen molar-refractivity contribution < 1.29 is 13.5 Å². The van der Waals surface area contributed by atoms with Crippen LogP contribution in [-0.2, 0) is 9.84 Å². The molecule has 3 nitrogen and oxygen atoms in total. The van der Waals surface area contributed by atoms with Gasteiger partial charge in [0.1, 0.15) is 0 Å². The zero-order valence-electron chi connectivity index (χ0n) is 9.27. The predicted molar refractivity (Wildman–Crippen MR) is 67.1 cm³/mol. The van der Waals surface area contributed by atoms with E-state index in [1.165, 1.54) is 0 Å². The molecular formula is C11H15BrO3S. The number of hydrogen-bond donors (Lipinski definition) is 1. The third kappa shape index (κ3) is 3.57. The topological polar surface area (TPSA) is 54.4 Å². The first kappa shape index (κ1) is 13.7. The van der Waals surface area contributed by atoms with Crippen molar-refractivity contribution in [3.63, 3.8) is 0 Å². The largest absolute Gasteiger partial charge is 0.396 e. The average molecular weight is 307 g/mol. The zero-order chi connectivity index (χ0) is 12.4. The number of rotatable bonds is 4. The number of benzene rings is 1. The fraction of sp³-hybridized carbons (Fsp3) is 0.455.